The van der Waals surface area contributed by atoms with E-state index < -0.39 is 0 Å². The first-order valence-corrected chi connectivity index (χ1v) is 9.84. The van der Waals surface area contributed by atoms with Gasteiger partial charge in [-0.2, -0.15) is 0 Å². The standard InChI is InChI=1S/C21H28N2O3/c1-26-18-8-6-17(7-9-18)19(24)23-13-11-21(15-23)10-3-12-22(20(21)25)14-16-4-2-5-16/h6-9,16H,2-5,10-15H2,1H3. The summed E-state index contributed by atoms with van der Waals surface area (Å²) in [6, 6.07) is 7.23. The molecule has 5 nitrogen and oxygen atoms in total. The highest BCUT2D eigenvalue weighted by Crippen LogP contribution is 2.41. The average Bonchev–Trinajstić information content (AvgIpc) is 3.06. The number of amides is 2. The molecule has 26 heavy (non-hydrogen) atoms. The van der Waals surface area contributed by atoms with Crippen LogP contribution in [0.3, 0.4) is 0 Å². The maximum Gasteiger partial charge on any atom is 0.253 e. The number of hydrogen-bond acceptors (Lipinski definition) is 3. The second-order valence-corrected chi connectivity index (χ2v) is 8.14. The molecule has 4 rings (SSSR count). The summed E-state index contributed by atoms with van der Waals surface area (Å²) < 4.78 is 5.16. The van der Waals surface area contributed by atoms with E-state index in [0.717, 1.165) is 38.1 Å². The number of likely N-dealkylation sites (tertiary alicyclic amines) is 2. The van der Waals surface area contributed by atoms with Crippen LogP contribution in [0.5, 0.6) is 5.75 Å². The Morgan fingerprint density at radius 3 is 2.58 bits per heavy atom. The Balaban J connectivity index is 1.44. The summed E-state index contributed by atoms with van der Waals surface area (Å²) in [5.41, 5.74) is 0.321. The Labute approximate surface area is 155 Å². The summed E-state index contributed by atoms with van der Waals surface area (Å²) in [5.74, 6) is 1.76. The second-order valence-electron chi connectivity index (χ2n) is 8.14. The summed E-state index contributed by atoms with van der Waals surface area (Å²) >= 11 is 0. The molecule has 1 saturated carbocycles. The van der Waals surface area contributed by atoms with Crippen molar-refractivity contribution in [2.75, 3.05) is 33.3 Å². The molecule has 0 aromatic heterocycles. The van der Waals surface area contributed by atoms with Crippen molar-refractivity contribution in [3.8, 4) is 5.75 Å². The number of carbonyl (C=O) groups is 2. The molecule has 5 heteroatoms. The van der Waals surface area contributed by atoms with Crippen LogP contribution in [0.15, 0.2) is 24.3 Å². The lowest BCUT2D eigenvalue weighted by atomic mass is 9.77. The van der Waals surface area contributed by atoms with Gasteiger partial charge in [0.15, 0.2) is 0 Å². The van der Waals surface area contributed by atoms with E-state index in [0.29, 0.717) is 30.5 Å². The molecule has 2 saturated heterocycles. The number of ether oxygens (including phenoxy) is 1. The predicted molar refractivity (Wildman–Crippen MR) is 99.1 cm³/mol. The number of hydrogen-bond donors (Lipinski definition) is 0. The number of rotatable bonds is 4. The number of benzene rings is 1. The van der Waals surface area contributed by atoms with Gasteiger partial charge in [0.05, 0.1) is 12.5 Å². The fourth-order valence-electron chi connectivity index (χ4n) is 4.65. The fraction of sp³-hybridized carbons (Fsp3) is 0.619. The van der Waals surface area contributed by atoms with Crippen molar-refractivity contribution in [1.29, 1.82) is 0 Å². The van der Waals surface area contributed by atoms with Crippen LogP contribution in [0.4, 0.5) is 0 Å². The smallest absolute Gasteiger partial charge is 0.253 e. The van der Waals surface area contributed by atoms with Crippen molar-refractivity contribution in [3.05, 3.63) is 29.8 Å². The first-order valence-electron chi connectivity index (χ1n) is 9.84. The maximum absolute atomic E-state index is 13.2. The van der Waals surface area contributed by atoms with E-state index >= 15 is 0 Å². The van der Waals surface area contributed by atoms with Crippen LogP contribution < -0.4 is 4.74 Å². The molecule has 0 N–H and O–H groups in total. The number of methoxy groups -OCH3 is 1. The zero-order valence-electron chi connectivity index (χ0n) is 15.6. The van der Waals surface area contributed by atoms with Gasteiger partial charge in [0.1, 0.15) is 5.75 Å². The van der Waals surface area contributed by atoms with Gasteiger partial charge in [-0.15, -0.1) is 0 Å². The largest absolute Gasteiger partial charge is 0.497 e. The molecule has 1 atom stereocenters. The fourth-order valence-corrected chi connectivity index (χ4v) is 4.65. The van der Waals surface area contributed by atoms with Crippen LogP contribution in [0.2, 0.25) is 0 Å². The van der Waals surface area contributed by atoms with Crippen molar-refractivity contribution >= 4 is 11.8 Å². The van der Waals surface area contributed by atoms with Gasteiger partial charge in [0.2, 0.25) is 5.91 Å². The third kappa shape index (κ3) is 3.08. The normalized spacial score (nSPS) is 26.3. The Bertz CT molecular complexity index is 683. The van der Waals surface area contributed by atoms with Crippen LogP contribution in [0.25, 0.3) is 0 Å². The van der Waals surface area contributed by atoms with E-state index in [-0.39, 0.29) is 11.3 Å². The maximum atomic E-state index is 13.2. The minimum Gasteiger partial charge on any atom is -0.497 e. The molecule has 1 spiro atoms. The lowest BCUT2D eigenvalue weighted by molar-refractivity contribution is -0.146. The number of carbonyl (C=O) groups excluding carboxylic acids is 2. The first kappa shape index (κ1) is 17.4. The molecule has 0 radical (unpaired) electrons. The highest BCUT2D eigenvalue weighted by atomic mass is 16.5. The Morgan fingerprint density at radius 1 is 1.15 bits per heavy atom. The van der Waals surface area contributed by atoms with Crippen LogP contribution in [0.1, 0.15) is 48.9 Å². The third-order valence-electron chi connectivity index (χ3n) is 6.51. The lowest BCUT2D eigenvalue weighted by Gasteiger charge is -2.42. The minimum atomic E-state index is -0.343. The van der Waals surface area contributed by atoms with Crippen LogP contribution in [0, 0.1) is 11.3 Å². The molecular weight excluding hydrogens is 328 g/mol. The number of piperidine rings is 1. The molecule has 2 aliphatic heterocycles. The van der Waals surface area contributed by atoms with E-state index in [1.165, 1.54) is 19.3 Å². The van der Waals surface area contributed by atoms with Gasteiger partial charge >= 0.3 is 0 Å². The van der Waals surface area contributed by atoms with Crippen molar-refractivity contribution in [3.63, 3.8) is 0 Å². The van der Waals surface area contributed by atoms with Crippen LogP contribution in [-0.4, -0.2) is 54.9 Å². The molecule has 1 aromatic carbocycles. The van der Waals surface area contributed by atoms with Gasteiger partial charge in [-0.25, -0.2) is 0 Å². The van der Waals surface area contributed by atoms with E-state index in [9.17, 15) is 9.59 Å². The van der Waals surface area contributed by atoms with E-state index in [2.05, 4.69) is 4.90 Å². The highest BCUT2D eigenvalue weighted by Gasteiger charge is 2.49. The zero-order chi connectivity index (χ0) is 18.1. The zero-order valence-corrected chi connectivity index (χ0v) is 15.6. The van der Waals surface area contributed by atoms with Crippen molar-refractivity contribution in [1.82, 2.24) is 9.80 Å². The average molecular weight is 356 g/mol. The minimum absolute atomic E-state index is 0.0217. The predicted octanol–water partition coefficient (Wildman–Crippen LogP) is 2.95. The summed E-state index contributed by atoms with van der Waals surface area (Å²) in [6.45, 7) is 3.06. The van der Waals surface area contributed by atoms with Gasteiger partial charge in [0, 0.05) is 31.7 Å². The summed E-state index contributed by atoms with van der Waals surface area (Å²) in [6.07, 6.45) is 6.61. The molecule has 1 unspecified atom stereocenters. The highest BCUT2D eigenvalue weighted by molar-refractivity contribution is 5.95. The molecule has 1 aliphatic carbocycles. The second kappa shape index (κ2) is 6.93. The lowest BCUT2D eigenvalue weighted by Crippen LogP contribution is -2.52. The molecule has 140 valence electrons. The van der Waals surface area contributed by atoms with E-state index in [4.69, 9.17) is 4.74 Å². The van der Waals surface area contributed by atoms with Crippen LogP contribution in [-0.2, 0) is 4.79 Å². The molecule has 0 bridgehead atoms. The Kier molecular flexibility index (Phi) is 4.63. The monoisotopic (exact) mass is 356 g/mol. The summed E-state index contributed by atoms with van der Waals surface area (Å²) in [4.78, 5) is 30.0. The molecule has 3 fully saturated rings. The van der Waals surface area contributed by atoms with Crippen LogP contribution >= 0.6 is 0 Å². The molecular formula is C21H28N2O3. The molecule has 1 aromatic rings. The van der Waals surface area contributed by atoms with E-state index in [1.54, 1.807) is 19.2 Å². The summed E-state index contributed by atoms with van der Waals surface area (Å²) in [5, 5.41) is 0. The third-order valence-corrected chi connectivity index (χ3v) is 6.51. The van der Waals surface area contributed by atoms with Gasteiger partial charge in [-0.05, 0) is 62.3 Å². The first-order chi connectivity index (χ1) is 12.6. The van der Waals surface area contributed by atoms with Crippen molar-refractivity contribution in [2.24, 2.45) is 11.3 Å². The molecule has 2 amide bonds. The number of nitrogens with zero attached hydrogens (tertiary/aromatic N) is 2. The van der Waals surface area contributed by atoms with Gasteiger partial charge < -0.3 is 14.5 Å². The summed E-state index contributed by atoms with van der Waals surface area (Å²) in [7, 11) is 1.62. The SMILES string of the molecule is COc1ccc(C(=O)N2CCC3(CCCN(CC4CCC4)C3=O)C2)cc1. The van der Waals surface area contributed by atoms with Gasteiger partial charge in [0.25, 0.3) is 5.91 Å². The van der Waals surface area contributed by atoms with E-state index in [1.807, 2.05) is 17.0 Å². The Hall–Kier alpha value is -2.04. The van der Waals surface area contributed by atoms with Crippen molar-refractivity contribution in [2.45, 2.75) is 38.5 Å². The van der Waals surface area contributed by atoms with Gasteiger partial charge in [-0.3, -0.25) is 9.59 Å². The quantitative estimate of drug-likeness (QED) is 0.833. The molecule has 3 aliphatic rings. The topological polar surface area (TPSA) is 49.9 Å². The van der Waals surface area contributed by atoms with Crippen molar-refractivity contribution < 1.29 is 14.3 Å². The Morgan fingerprint density at radius 2 is 1.92 bits per heavy atom. The molecule has 2 heterocycles. The van der Waals surface area contributed by atoms with Gasteiger partial charge in [-0.1, -0.05) is 6.42 Å².